The van der Waals surface area contributed by atoms with E-state index in [4.69, 9.17) is 21.3 Å². The van der Waals surface area contributed by atoms with Gasteiger partial charge < -0.3 is 14.5 Å². The minimum Gasteiger partial charge on any atom is -0.444 e. The Morgan fingerprint density at radius 2 is 1.90 bits per heavy atom. The van der Waals surface area contributed by atoms with Gasteiger partial charge in [-0.3, -0.25) is 9.97 Å². The van der Waals surface area contributed by atoms with Crippen LogP contribution in [-0.4, -0.2) is 66.8 Å². The highest BCUT2D eigenvalue weighted by Crippen LogP contribution is 2.35. The smallest absolute Gasteiger partial charge is 0.410 e. The van der Waals surface area contributed by atoms with Gasteiger partial charge in [0, 0.05) is 49.8 Å². The number of carbonyl (C=O) groups is 1. The number of fused-ring (bicyclic) bond motifs is 1. The lowest BCUT2D eigenvalue weighted by Gasteiger charge is -2.41. The number of aryl methyl sites for hydroxylation is 1. The van der Waals surface area contributed by atoms with Gasteiger partial charge in [0.1, 0.15) is 11.4 Å². The molecule has 0 N–H and O–H groups in total. The Bertz CT molecular complexity index is 1700. The first kappa shape index (κ1) is 29.4. The van der Waals surface area contributed by atoms with E-state index in [0.29, 0.717) is 52.9 Å². The Labute approximate surface area is 250 Å². The molecule has 0 bridgehead atoms. The molecule has 5 heterocycles. The maximum absolute atomic E-state index is 14.0. The summed E-state index contributed by atoms with van der Waals surface area (Å²) in [4.78, 5) is 49.0. The molecule has 0 aromatic carbocycles. The Morgan fingerprint density at radius 3 is 2.55 bits per heavy atom. The van der Waals surface area contributed by atoms with E-state index in [9.17, 15) is 9.59 Å². The monoisotopic (exact) mass is 589 g/mol. The number of piperazine rings is 1. The van der Waals surface area contributed by atoms with Gasteiger partial charge in [-0.15, -0.1) is 0 Å². The Morgan fingerprint density at radius 1 is 1.14 bits per heavy atom. The number of rotatable bonds is 4. The van der Waals surface area contributed by atoms with Gasteiger partial charge in [-0.2, -0.15) is 4.98 Å². The second kappa shape index (κ2) is 11.3. The summed E-state index contributed by atoms with van der Waals surface area (Å²) in [7, 11) is 0. The molecule has 4 aromatic heterocycles. The number of pyridine rings is 3. The third-order valence-electron chi connectivity index (χ3n) is 7.21. The molecule has 0 saturated carbocycles. The Kier molecular flexibility index (Phi) is 7.94. The molecule has 1 aliphatic rings. The highest BCUT2D eigenvalue weighted by atomic mass is 35.5. The van der Waals surface area contributed by atoms with Crippen LogP contribution in [0, 0.1) is 6.92 Å². The van der Waals surface area contributed by atoms with Gasteiger partial charge in [-0.1, -0.05) is 25.4 Å². The summed E-state index contributed by atoms with van der Waals surface area (Å²) in [6, 6.07) is 7.24. The summed E-state index contributed by atoms with van der Waals surface area (Å²) < 4.78 is 7.14. The van der Waals surface area contributed by atoms with Crippen LogP contribution >= 0.6 is 11.6 Å². The first-order valence-corrected chi connectivity index (χ1v) is 14.5. The van der Waals surface area contributed by atoms with Crippen molar-refractivity contribution in [3.05, 3.63) is 69.6 Å². The third kappa shape index (κ3) is 5.68. The van der Waals surface area contributed by atoms with Gasteiger partial charge in [-0.25, -0.2) is 19.1 Å². The van der Waals surface area contributed by atoms with Crippen LogP contribution in [0.5, 0.6) is 0 Å². The molecule has 5 rings (SSSR count). The van der Waals surface area contributed by atoms with Crippen molar-refractivity contribution in [3.63, 3.8) is 0 Å². The largest absolute Gasteiger partial charge is 0.444 e. The molecular formula is C31H36ClN7O3. The normalized spacial score (nSPS) is 15.9. The molecular weight excluding hydrogens is 554 g/mol. The average Bonchev–Trinajstić information content (AvgIpc) is 2.92. The van der Waals surface area contributed by atoms with Crippen LogP contribution in [0.25, 0.3) is 28.0 Å². The second-order valence-electron chi connectivity index (χ2n) is 12.0. The number of halogens is 1. The standard InChI is InChI=1S/C31H36ClN7O3/c1-18(2)24-26(19(3)10-12-34-24)39-28-22(15-23(32)25(35-28)21-9-8-11-33-16-21)27(36-29(39)40)38-14-13-37(17-20(38)4)30(41)42-31(5,6)7/h8-12,15-16,18,20H,13-14,17H2,1-7H3. The SMILES string of the molecule is Cc1ccnc(C(C)C)c1-n1c(=O)nc(N2CCN(C(=O)OC(C)(C)C)CC2C)c2cc(Cl)c(-c3cccnc3)nc21. The molecule has 11 heteroatoms. The minimum atomic E-state index is -0.590. The molecule has 42 heavy (non-hydrogen) atoms. The molecule has 4 aromatic rings. The summed E-state index contributed by atoms with van der Waals surface area (Å²) in [6.07, 6.45) is 4.77. The van der Waals surface area contributed by atoms with E-state index in [1.165, 1.54) is 0 Å². The van der Waals surface area contributed by atoms with Crippen LogP contribution < -0.4 is 10.6 Å². The quantitative estimate of drug-likeness (QED) is 0.295. The topological polar surface area (TPSA) is 106 Å². The molecule has 1 aliphatic heterocycles. The molecule has 1 unspecified atom stereocenters. The number of nitrogens with zero attached hydrogens (tertiary/aromatic N) is 7. The summed E-state index contributed by atoms with van der Waals surface area (Å²) in [5.74, 6) is 0.523. The van der Waals surface area contributed by atoms with E-state index in [0.717, 1.165) is 16.8 Å². The maximum atomic E-state index is 14.0. The number of hydrogen-bond acceptors (Lipinski definition) is 8. The highest BCUT2D eigenvalue weighted by Gasteiger charge is 2.32. The first-order valence-electron chi connectivity index (χ1n) is 14.1. The molecule has 1 amide bonds. The molecule has 0 spiro atoms. The van der Waals surface area contributed by atoms with E-state index in [1.807, 2.05) is 77.6 Å². The predicted octanol–water partition coefficient (Wildman–Crippen LogP) is 5.77. The molecule has 0 radical (unpaired) electrons. The van der Waals surface area contributed by atoms with E-state index in [-0.39, 0.29) is 18.1 Å². The molecule has 1 saturated heterocycles. The minimum absolute atomic E-state index is 0.0487. The predicted molar refractivity (Wildman–Crippen MR) is 165 cm³/mol. The van der Waals surface area contributed by atoms with Crippen LogP contribution in [0.1, 0.15) is 58.7 Å². The third-order valence-corrected chi connectivity index (χ3v) is 7.50. The number of anilines is 1. The molecule has 1 atom stereocenters. The number of amides is 1. The summed E-state index contributed by atoms with van der Waals surface area (Å²) in [5.41, 5.74) is 2.92. The fourth-order valence-corrected chi connectivity index (χ4v) is 5.54. The zero-order chi connectivity index (χ0) is 30.3. The van der Waals surface area contributed by atoms with Gasteiger partial charge >= 0.3 is 11.8 Å². The zero-order valence-corrected chi connectivity index (χ0v) is 25.8. The van der Waals surface area contributed by atoms with Crippen LogP contribution in [0.4, 0.5) is 10.6 Å². The lowest BCUT2D eigenvalue weighted by Crippen LogP contribution is -2.55. The van der Waals surface area contributed by atoms with Gasteiger partial charge in [0.2, 0.25) is 0 Å². The first-order chi connectivity index (χ1) is 19.9. The summed E-state index contributed by atoms with van der Waals surface area (Å²) >= 11 is 6.86. The van der Waals surface area contributed by atoms with Gasteiger partial charge in [0.25, 0.3) is 0 Å². The number of carbonyl (C=O) groups excluding carboxylic acids is 1. The van der Waals surface area contributed by atoms with Crippen molar-refractivity contribution < 1.29 is 9.53 Å². The van der Waals surface area contributed by atoms with Crippen molar-refractivity contribution in [2.45, 2.75) is 66.0 Å². The fraction of sp³-hybridized carbons (Fsp3) is 0.419. The lowest BCUT2D eigenvalue weighted by atomic mass is 10.0. The van der Waals surface area contributed by atoms with Crippen molar-refractivity contribution >= 4 is 34.5 Å². The molecule has 10 nitrogen and oxygen atoms in total. The van der Waals surface area contributed by atoms with Gasteiger partial charge in [-0.05, 0) is 70.4 Å². The summed E-state index contributed by atoms with van der Waals surface area (Å²) in [6.45, 7) is 14.9. The van der Waals surface area contributed by atoms with Gasteiger partial charge in [0.15, 0.2) is 5.65 Å². The van der Waals surface area contributed by atoms with Crippen LogP contribution in [0.2, 0.25) is 5.02 Å². The van der Waals surface area contributed by atoms with Crippen molar-refractivity contribution in [3.8, 4) is 16.9 Å². The summed E-state index contributed by atoms with van der Waals surface area (Å²) in [5, 5.41) is 1.04. The Balaban J connectivity index is 1.70. The number of hydrogen-bond donors (Lipinski definition) is 0. The van der Waals surface area contributed by atoms with Crippen molar-refractivity contribution in [1.29, 1.82) is 0 Å². The number of aromatic nitrogens is 5. The van der Waals surface area contributed by atoms with Crippen molar-refractivity contribution in [1.82, 2.24) is 29.4 Å². The van der Waals surface area contributed by atoms with Crippen LogP contribution in [0.15, 0.2) is 47.7 Å². The molecule has 1 fully saturated rings. The number of ether oxygens (including phenoxy) is 1. The lowest BCUT2D eigenvalue weighted by molar-refractivity contribution is 0.0218. The van der Waals surface area contributed by atoms with Crippen molar-refractivity contribution in [2.75, 3.05) is 24.5 Å². The van der Waals surface area contributed by atoms with E-state index in [2.05, 4.69) is 15.0 Å². The van der Waals surface area contributed by atoms with E-state index in [1.54, 1.807) is 28.1 Å². The molecule has 220 valence electrons. The second-order valence-corrected chi connectivity index (χ2v) is 12.4. The Hall–Kier alpha value is -4.05. The van der Waals surface area contributed by atoms with Gasteiger partial charge in [0.05, 0.1) is 27.5 Å². The van der Waals surface area contributed by atoms with Crippen LogP contribution in [0.3, 0.4) is 0 Å². The van der Waals surface area contributed by atoms with E-state index >= 15 is 0 Å². The van der Waals surface area contributed by atoms with Crippen LogP contribution in [-0.2, 0) is 4.74 Å². The maximum Gasteiger partial charge on any atom is 0.410 e. The highest BCUT2D eigenvalue weighted by molar-refractivity contribution is 6.33. The van der Waals surface area contributed by atoms with E-state index < -0.39 is 11.3 Å². The molecule has 0 aliphatic carbocycles. The fourth-order valence-electron chi connectivity index (χ4n) is 5.28. The average molecular weight is 590 g/mol. The van der Waals surface area contributed by atoms with Crippen molar-refractivity contribution in [2.24, 2.45) is 0 Å². The zero-order valence-electron chi connectivity index (χ0n) is 25.1.